The quantitative estimate of drug-likeness (QED) is 0.786. The molecule has 2 aromatic rings. The first-order chi connectivity index (χ1) is 11.7. The average molecular weight is 397 g/mol. The lowest BCUT2D eigenvalue weighted by Gasteiger charge is -2.28. The molecule has 1 unspecified atom stereocenters. The Morgan fingerprint density at radius 1 is 1.12 bits per heavy atom. The largest absolute Gasteiger partial charge is 0.397 e. The third-order valence-electron chi connectivity index (χ3n) is 4.45. The topological polar surface area (TPSA) is 71.2 Å². The van der Waals surface area contributed by atoms with E-state index >= 15 is 0 Å². The van der Waals surface area contributed by atoms with Crippen molar-refractivity contribution in [2.24, 2.45) is 0 Å². The molecular weight excluding hydrogens is 371 g/mol. The molecule has 1 aromatic carbocycles. The number of benzene rings is 1. The van der Waals surface area contributed by atoms with Crippen molar-refractivity contribution in [2.45, 2.75) is 25.3 Å². The van der Waals surface area contributed by atoms with Crippen LogP contribution < -0.4 is 11.1 Å². The van der Waals surface area contributed by atoms with Gasteiger partial charge in [-0.2, -0.15) is 0 Å². The zero-order valence-electron chi connectivity index (χ0n) is 14.6. The van der Waals surface area contributed by atoms with Gasteiger partial charge in [0, 0.05) is 12.2 Å². The molecule has 1 fully saturated rings. The van der Waals surface area contributed by atoms with Gasteiger partial charge in [0.2, 0.25) is 5.91 Å². The first kappa shape index (κ1) is 22.2. The second-order valence-electron chi connectivity index (χ2n) is 6.23. The van der Waals surface area contributed by atoms with E-state index in [1.54, 1.807) is 18.3 Å². The number of carbonyl (C=O) groups is 1. The normalized spacial score (nSPS) is 14.8. The summed E-state index contributed by atoms with van der Waals surface area (Å²) < 4.78 is 0. The fraction of sp³-hybridized carbons (Fsp3) is 0.368. The number of anilines is 1. The monoisotopic (exact) mass is 396 g/mol. The summed E-state index contributed by atoms with van der Waals surface area (Å²) in [4.78, 5) is 18.9. The molecule has 0 saturated carbocycles. The van der Waals surface area contributed by atoms with Gasteiger partial charge in [0.15, 0.2) is 0 Å². The van der Waals surface area contributed by atoms with Gasteiger partial charge in [-0.05, 0) is 43.6 Å². The molecule has 3 N–H and O–H groups in total. The Labute approximate surface area is 167 Å². The Hall–Kier alpha value is -1.82. The number of pyridine rings is 1. The van der Waals surface area contributed by atoms with Crippen LogP contribution in [-0.4, -0.2) is 35.4 Å². The summed E-state index contributed by atoms with van der Waals surface area (Å²) in [5.41, 5.74) is 8.22. The van der Waals surface area contributed by atoms with Crippen molar-refractivity contribution in [1.29, 1.82) is 0 Å². The van der Waals surface area contributed by atoms with E-state index in [-0.39, 0.29) is 43.2 Å². The summed E-state index contributed by atoms with van der Waals surface area (Å²) in [6, 6.07) is 14.2. The summed E-state index contributed by atoms with van der Waals surface area (Å²) >= 11 is 0. The highest BCUT2D eigenvalue weighted by Gasteiger charge is 2.23. The third kappa shape index (κ3) is 6.16. The number of hydrogen-bond acceptors (Lipinski definition) is 4. The van der Waals surface area contributed by atoms with E-state index in [0.29, 0.717) is 12.2 Å². The van der Waals surface area contributed by atoms with E-state index in [9.17, 15) is 4.79 Å². The Morgan fingerprint density at radius 2 is 1.81 bits per heavy atom. The number of carbonyl (C=O) groups excluding carboxylic acids is 1. The summed E-state index contributed by atoms with van der Waals surface area (Å²) in [6.45, 7) is 2.81. The van der Waals surface area contributed by atoms with Crippen molar-refractivity contribution in [2.75, 3.05) is 25.4 Å². The van der Waals surface area contributed by atoms with Gasteiger partial charge in [0.05, 0.1) is 24.3 Å². The van der Waals surface area contributed by atoms with Crippen LogP contribution in [0.15, 0.2) is 48.7 Å². The molecule has 1 saturated heterocycles. The highest BCUT2D eigenvalue weighted by molar-refractivity contribution is 5.85. The molecule has 0 spiro atoms. The molecule has 1 amide bonds. The zero-order chi connectivity index (χ0) is 16.8. The minimum absolute atomic E-state index is 0. The Balaban J connectivity index is 0.00000169. The van der Waals surface area contributed by atoms with E-state index in [2.05, 4.69) is 39.5 Å². The molecule has 1 aliphatic heterocycles. The minimum Gasteiger partial charge on any atom is -0.397 e. The summed E-state index contributed by atoms with van der Waals surface area (Å²) in [7, 11) is 0. The highest BCUT2D eigenvalue weighted by Crippen LogP contribution is 2.24. The van der Waals surface area contributed by atoms with Gasteiger partial charge in [-0.25, -0.2) is 0 Å². The van der Waals surface area contributed by atoms with Gasteiger partial charge in [0.25, 0.3) is 0 Å². The lowest BCUT2D eigenvalue weighted by atomic mass is 10.1. The van der Waals surface area contributed by atoms with Gasteiger partial charge in [0.1, 0.15) is 0 Å². The lowest BCUT2D eigenvalue weighted by Crippen LogP contribution is -2.37. The molecule has 0 aliphatic carbocycles. The van der Waals surface area contributed by atoms with Crippen molar-refractivity contribution < 1.29 is 4.79 Å². The van der Waals surface area contributed by atoms with Crippen molar-refractivity contribution in [1.82, 2.24) is 15.2 Å². The van der Waals surface area contributed by atoms with E-state index < -0.39 is 0 Å². The van der Waals surface area contributed by atoms with Crippen LogP contribution in [0.25, 0.3) is 0 Å². The standard InChI is InChI=1S/C19H24N4O.2ClH/c20-16-8-9-17(21-13-16)12-19(24)22-14-18(23-10-4-5-11-23)15-6-2-1-3-7-15;;/h1-3,6-9,13,18H,4-5,10-12,14,20H2,(H,22,24);2*1H. The van der Waals surface area contributed by atoms with Crippen LogP contribution in [0, 0.1) is 0 Å². The molecule has 5 nitrogen and oxygen atoms in total. The fourth-order valence-corrected chi connectivity index (χ4v) is 3.16. The number of likely N-dealkylation sites (tertiary alicyclic amines) is 1. The summed E-state index contributed by atoms with van der Waals surface area (Å²) in [6.07, 6.45) is 4.32. The van der Waals surface area contributed by atoms with Crippen molar-refractivity contribution in [3.8, 4) is 0 Å². The number of nitrogen functional groups attached to an aromatic ring is 1. The van der Waals surface area contributed by atoms with Gasteiger partial charge in [-0.1, -0.05) is 30.3 Å². The van der Waals surface area contributed by atoms with Crippen LogP contribution in [0.2, 0.25) is 0 Å². The van der Waals surface area contributed by atoms with E-state index in [4.69, 9.17) is 5.73 Å². The number of nitrogens with two attached hydrogens (primary N) is 1. The maximum atomic E-state index is 12.2. The van der Waals surface area contributed by atoms with Gasteiger partial charge in [-0.3, -0.25) is 14.7 Å². The van der Waals surface area contributed by atoms with Crippen LogP contribution in [0.5, 0.6) is 0 Å². The first-order valence-electron chi connectivity index (χ1n) is 8.48. The van der Waals surface area contributed by atoms with Crippen LogP contribution >= 0.6 is 24.8 Å². The lowest BCUT2D eigenvalue weighted by molar-refractivity contribution is -0.120. The molecule has 7 heteroatoms. The molecule has 2 heterocycles. The molecular formula is C19H26Cl2N4O. The van der Waals surface area contributed by atoms with Gasteiger partial charge >= 0.3 is 0 Å². The Kier molecular flexibility index (Phi) is 9.41. The van der Waals surface area contributed by atoms with Crippen LogP contribution in [0.3, 0.4) is 0 Å². The minimum atomic E-state index is -0.00704. The number of halogens is 2. The molecule has 26 heavy (non-hydrogen) atoms. The first-order valence-corrected chi connectivity index (χ1v) is 8.48. The smallest absolute Gasteiger partial charge is 0.226 e. The van der Waals surface area contributed by atoms with Crippen molar-refractivity contribution >= 4 is 36.4 Å². The van der Waals surface area contributed by atoms with Crippen molar-refractivity contribution in [3.63, 3.8) is 0 Å². The molecule has 1 aliphatic rings. The van der Waals surface area contributed by atoms with Gasteiger partial charge < -0.3 is 11.1 Å². The number of nitrogens with zero attached hydrogens (tertiary/aromatic N) is 2. The highest BCUT2D eigenvalue weighted by atomic mass is 35.5. The molecule has 1 aromatic heterocycles. The number of rotatable bonds is 6. The number of aromatic nitrogens is 1. The SMILES string of the molecule is Cl.Cl.Nc1ccc(CC(=O)NCC(c2ccccc2)N2CCCC2)nc1. The molecule has 3 rings (SSSR count). The maximum absolute atomic E-state index is 12.2. The number of nitrogens with one attached hydrogen (secondary N) is 1. The van der Waals surface area contributed by atoms with Crippen molar-refractivity contribution in [3.05, 3.63) is 59.9 Å². The van der Waals surface area contributed by atoms with Gasteiger partial charge in [-0.15, -0.1) is 24.8 Å². The second-order valence-corrected chi connectivity index (χ2v) is 6.23. The third-order valence-corrected chi connectivity index (χ3v) is 4.45. The average Bonchev–Trinajstić information content (AvgIpc) is 3.12. The van der Waals surface area contributed by atoms with E-state index in [1.807, 2.05) is 6.07 Å². The Bertz CT molecular complexity index is 661. The Morgan fingerprint density at radius 3 is 2.42 bits per heavy atom. The molecule has 0 radical (unpaired) electrons. The second kappa shape index (κ2) is 11.0. The predicted molar refractivity (Wildman–Crippen MR) is 110 cm³/mol. The molecule has 1 atom stereocenters. The maximum Gasteiger partial charge on any atom is 0.226 e. The van der Waals surface area contributed by atoms with E-state index in [0.717, 1.165) is 18.8 Å². The fourth-order valence-electron chi connectivity index (χ4n) is 3.16. The number of hydrogen-bond donors (Lipinski definition) is 2. The van der Waals surface area contributed by atoms with Crippen LogP contribution in [0.1, 0.15) is 30.1 Å². The van der Waals surface area contributed by atoms with Crippen LogP contribution in [0.4, 0.5) is 5.69 Å². The number of amides is 1. The summed E-state index contributed by atoms with van der Waals surface area (Å²) in [5.74, 6) is -0.00704. The predicted octanol–water partition coefficient (Wildman–Crippen LogP) is 3.00. The van der Waals surface area contributed by atoms with Crippen LogP contribution in [-0.2, 0) is 11.2 Å². The van der Waals surface area contributed by atoms with E-state index in [1.165, 1.54) is 18.4 Å². The zero-order valence-corrected chi connectivity index (χ0v) is 16.3. The molecule has 0 bridgehead atoms. The summed E-state index contributed by atoms with van der Waals surface area (Å²) in [5, 5.41) is 3.07. The molecule has 142 valence electrons.